The summed E-state index contributed by atoms with van der Waals surface area (Å²) >= 11 is 6.12. The summed E-state index contributed by atoms with van der Waals surface area (Å²) < 4.78 is 7.28. The third-order valence-electron chi connectivity index (χ3n) is 5.68. The molecule has 0 aliphatic heterocycles. The third kappa shape index (κ3) is 4.08. The number of methoxy groups -OCH3 is 1. The van der Waals surface area contributed by atoms with Crippen molar-refractivity contribution in [3.8, 4) is 5.75 Å². The maximum atomic E-state index is 12.8. The van der Waals surface area contributed by atoms with Gasteiger partial charge in [-0.2, -0.15) is 5.10 Å². The van der Waals surface area contributed by atoms with Crippen LogP contribution in [-0.4, -0.2) is 39.6 Å². The lowest BCUT2D eigenvalue weighted by Crippen LogP contribution is -2.27. The minimum absolute atomic E-state index is 0.0477. The Morgan fingerprint density at radius 3 is 2.74 bits per heavy atom. The minimum atomic E-state index is 0.0477. The Labute approximate surface area is 186 Å². The van der Waals surface area contributed by atoms with Crippen molar-refractivity contribution >= 4 is 34.1 Å². The lowest BCUT2D eigenvalue weighted by atomic mass is 10.1. The van der Waals surface area contributed by atoms with Crippen LogP contribution in [0.4, 0.5) is 0 Å². The molecule has 4 aromatic rings. The molecule has 0 radical (unpaired) electrons. The quantitative estimate of drug-likeness (QED) is 0.437. The van der Waals surface area contributed by atoms with E-state index in [2.05, 4.69) is 0 Å². The molecule has 0 aliphatic carbocycles. The molecule has 0 N–H and O–H groups in total. The molecular formula is C24H25ClN4O2. The molecule has 2 heterocycles. The predicted octanol–water partition coefficient (Wildman–Crippen LogP) is 4.75. The van der Waals surface area contributed by atoms with E-state index >= 15 is 0 Å². The van der Waals surface area contributed by atoms with Gasteiger partial charge >= 0.3 is 0 Å². The molecule has 2 aromatic heterocycles. The number of halogens is 1. The first kappa shape index (κ1) is 21.1. The number of amides is 1. The van der Waals surface area contributed by atoms with E-state index in [1.54, 1.807) is 25.1 Å². The molecule has 2 aromatic carbocycles. The van der Waals surface area contributed by atoms with Gasteiger partial charge in [-0.1, -0.05) is 23.7 Å². The average molecular weight is 437 g/mol. The molecule has 1 amide bonds. The summed E-state index contributed by atoms with van der Waals surface area (Å²) in [7, 11) is 3.41. The van der Waals surface area contributed by atoms with Gasteiger partial charge < -0.3 is 9.64 Å². The van der Waals surface area contributed by atoms with E-state index in [4.69, 9.17) is 26.4 Å². The number of benzene rings is 2. The number of carbonyl (C=O) groups is 1. The molecule has 160 valence electrons. The number of fused-ring (bicyclic) bond motifs is 3. The number of ether oxygens (including phenoxy) is 1. The molecule has 0 saturated carbocycles. The van der Waals surface area contributed by atoms with Crippen LogP contribution in [0.15, 0.2) is 42.5 Å². The van der Waals surface area contributed by atoms with E-state index in [0.29, 0.717) is 24.4 Å². The van der Waals surface area contributed by atoms with Crippen molar-refractivity contribution in [2.24, 2.45) is 0 Å². The van der Waals surface area contributed by atoms with Crippen molar-refractivity contribution < 1.29 is 9.53 Å². The molecule has 0 unspecified atom stereocenters. The van der Waals surface area contributed by atoms with Crippen LogP contribution >= 0.6 is 11.6 Å². The summed E-state index contributed by atoms with van der Waals surface area (Å²) in [6.45, 7) is 4.46. The fraction of sp³-hybridized carbons (Fsp3) is 0.292. The number of aryl methyl sites for hydroxylation is 2. The topological polar surface area (TPSA) is 59.7 Å². The highest BCUT2D eigenvalue weighted by atomic mass is 35.5. The van der Waals surface area contributed by atoms with Gasteiger partial charge in [0.2, 0.25) is 5.91 Å². The van der Waals surface area contributed by atoms with Crippen molar-refractivity contribution in [3.63, 3.8) is 0 Å². The van der Waals surface area contributed by atoms with Gasteiger partial charge in [0.05, 0.1) is 12.6 Å². The van der Waals surface area contributed by atoms with Crippen LogP contribution in [0.25, 0.3) is 16.6 Å². The molecular weight excluding hydrogens is 412 g/mol. The van der Waals surface area contributed by atoms with Crippen LogP contribution in [0.3, 0.4) is 0 Å². The summed E-state index contributed by atoms with van der Waals surface area (Å²) in [5.41, 5.74) is 5.66. The Balaban J connectivity index is 1.53. The summed E-state index contributed by atoms with van der Waals surface area (Å²) in [5.74, 6) is 0.766. The van der Waals surface area contributed by atoms with Crippen LogP contribution in [0.1, 0.15) is 28.9 Å². The lowest BCUT2D eigenvalue weighted by Gasteiger charge is -2.19. The molecule has 0 bridgehead atoms. The second kappa shape index (κ2) is 8.55. The smallest absolute Gasteiger partial charge is 0.222 e. The highest BCUT2D eigenvalue weighted by molar-refractivity contribution is 6.30. The fourth-order valence-electron chi connectivity index (χ4n) is 3.98. The number of rotatable bonds is 6. The van der Waals surface area contributed by atoms with E-state index in [-0.39, 0.29) is 5.91 Å². The Bertz CT molecular complexity index is 1280. The van der Waals surface area contributed by atoms with E-state index in [0.717, 1.165) is 44.8 Å². The van der Waals surface area contributed by atoms with E-state index in [1.807, 2.05) is 54.8 Å². The summed E-state index contributed by atoms with van der Waals surface area (Å²) in [6, 6.07) is 13.4. The normalized spacial score (nSPS) is 11.3. The van der Waals surface area contributed by atoms with Crippen LogP contribution in [-0.2, 0) is 17.8 Å². The van der Waals surface area contributed by atoms with Crippen LogP contribution in [0.5, 0.6) is 5.75 Å². The van der Waals surface area contributed by atoms with E-state index < -0.39 is 0 Å². The number of hydrogen-bond acceptors (Lipinski definition) is 4. The Morgan fingerprint density at radius 1 is 1.19 bits per heavy atom. The first-order valence-electron chi connectivity index (χ1n) is 10.2. The van der Waals surface area contributed by atoms with Gasteiger partial charge in [-0.05, 0) is 56.2 Å². The second-order valence-electron chi connectivity index (χ2n) is 7.72. The Hall–Kier alpha value is -3.12. The number of hydrogen-bond donors (Lipinski definition) is 0. The van der Waals surface area contributed by atoms with Crippen molar-refractivity contribution in [3.05, 3.63) is 70.0 Å². The maximum Gasteiger partial charge on any atom is 0.222 e. The van der Waals surface area contributed by atoms with Crippen LogP contribution in [0, 0.1) is 13.8 Å². The molecule has 0 fully saturated rings. The average Bonchev–Trinajstić information content (AvgIpc) is 3.12. The largest absolute Gasteiger partial charge is 0.496 e. The summed E-state index contributed by atoms with van der Waals surface area (Å²) in [4.78, 5) is 19.3. The van der Waals surface area contributed by atoms with Gasteiger partial charge in [0, 0.05) is 47.4 Å². The molecule has 31 heavy (non-hydrogen) atoms. The number of aromatic nitrogens is 3. The van der Waals surface area contributed by atoms with Crippen molar-refractivity contribution in [1.29, 1.82) is 0 Å². The molecule has 0 aliphatic rings. The van der Waals surface area contributed by atoms with E-state index in [1.165, 1.54) is 0 Å². The minimum Gasteiger partial charge on any atom is -0.496 e. The third-order valence-corrected chi connectivity index (χ3v) is 5.92. The monoisotopic (exact) mass is 436 g/mol. The van der Waals surface area contributed by atoms with E-state index in [9.17, 15) is 4.79 Å². The summed E-state index contributed by atoms with van der Waals surface area (Å²) in [5, 5.41) is 6.35. The zero-order valence-electron chi connectivity index (χ0n) is 18.1. The molecule has 6 nitrogen and oxygen atoms in total. The van der Waals surface area contributed by atoms with Crippen molar-refractivity contribution in [1.82, 2.24) is 19.5 Å². The van der Waals surface area contributed by atoms with Gasteiger partial charge in [-0.3, -0.25) is 4.79 Å². The van der Waals surface area contributed by atoms with Crippen LogP contribution in [0.2, 0.25) is 5.02 Å². The molecule has 7 heteroatoms. The molecule has 0 spiro atoms. The SMILES string of the molecule is COc1ccc(Cl)cc1CN(C)C(=O)CCc1c(C)nc2c3ccccc3nn2c1C. The maximum absolute atomic E-state index is 12.8. The first-order valence-corrected chi connectivity index (χ1v) is 10.6. The number of carbonyl (C=O) groups excluding carboxylic acids is 1. The first-order chi connectivity index (χ1) is 14.9. The molecule has 4 rings (SSSR count). The molecule has 0 saturated heterocycles. The standard InChI is InChI=1S/C24H25ClN4O2/c1-15-19(16(2)29-24(26-15)20-7-5-6-8-21(20)27-29)10-12-23(30)28(3)14-17-13-18(25)9-11-22(17)31-4/h5-9,11,13H,10,12,14H2,1-4H3. The highest BCUT2D eigenvalue weighted by Crippen LogP contribution is 2.25. The number of nitrogens with zero attached hydrogens (tertiary/aromatic N) is 4. The van der Waals surface area contributed by atoms with Gasteiger partial charge in [-0.15, -0.1) is 0 Å². The highest BCUT2D eigenvalue weighted by Gasteiger charge is 2.17. The zero-order chi connectivity index (χ0) is 22.1. The van der Waals surface area contributed by atoms with Gasteiger partial charge in [0.15, 0.2) is 5.65 Å². The zero-order valence-corrected chi connectivity index (χ0v) is 18.9. The van der Waals surface area contributed by atoms with Crippen molar-refractivity contribution in [2.75, 3.05) is 14.2 Å². The fourth-order valence-corrected chi connectivity index (χ4v) is 4.17. The summed E-state index contributed by atoms with van der Waals surface area (Å²) in [6.07, 6.45) is 0.988. The van der Waals surface area contributed by atoms with Crippen LogP contribution < -0.4 is 4.74 Å². The van der Waals surface area contributed by atoms with Gasteiger partial charge in [-0.25, -0.2) is 9.50 Å². The molecule has 0 atom stereocenters. The van der Waals surface area contributed by atoms with Gasteiger partial charge in [0.25, 0.3) is 0 Å². The second-order valence-corrected chi connectivity index (χ2v) is 8.16. The lowest BCUT2D eigenvalue weighted by molar-refractivity contribution is -0.130. The Kier molecular flexibility index (Phi) is 5.83. The van der Waals surface area contributed by atoms with Crippen molar-refractivity contribution in [2.45, 2.75) is 33.2 Å². The van der Waals surface area contributed by atoms with Gasteiger partial charge in [0.1, 0.15) is 5.75 Å². The predicted molar refractivity (Wildman–Crippen MR) is 123 cm³/mol. The Morgan fingerprint density at radius 2 is 1.97 bits per heavy atom.